The molecular formula is C13H22N2O3. The van der Waals surface area contributed by atoms with Crippen molar-refractivity contribution in [3.63, 3.8) is 0 Å². The molecule has 0 aromatic carbocycles. The molecule has 0 aliphatic carbocycles. The summed E-state index contributed by atoms with van der Waals surface area (Å²) in [6, 6.07) is 0. The second-order valence-corrected chi connectivity index (χ2v) is 5.79. The lowest BCUT2D eigenvalue weighted by atomic mass is 10.0. The van der Waals surface area contributed by atoms with E-state index < -0.39 is 11.4 Å². The lowest BCUT2D eigenvalue weighted by Gasteiger charge is -2.17. The fourth-order valence-corrected chi connectivity index (χ4v) is 1.98. The van der Waals surface area contributed by atoms with Gasteiger partial charge in [0.1, 0.15) is 0 Å². The highest BCUT2D eigenvalue weighted by atomic mass is 16.7. The minimum absolute atomic E-state index is 0.120. The van der Waals surface area contributed by atoms with Gasteiger partial charge in [-0.3, -0.25) is 4.68 Å². The van der Waals surface area contributed by atoms with Crippen LogP contribution in [0.1, 0.15) is 39.7 Å². The molecule has 5 nitrogen and oxygen atoms in total. The third kappa shape index (κ3) is 3.31. The molecule has 1 aromatic rings. The van der Waals surface area contributed by atoms with Crippen molar-refractivity contribution in [1.29, 1.82) is 0 Å². The molecule has 1 fully saturated rings. The molecule has 2 rings (SSSR count). The van der Waals surface area contributed by atoms with Crippen molar-refractivity contribution in [3.05, 3.63) is 18.0 Å². The van der Waals surface area contributed by atoms with Crippen LogP contribution in [0.4, 0.5) is 0 Å². The number of ether oxygens (including phenoxy) is 2. The van der Waals surface area contributed by atoms with Crippen molar-refractivity contribution >= 4 is 0 Å². The van der Waals surface area contributed by atoms with E-state index in [1.165, 1.54) is 0 Å². The normalized spacial score (nSPS) is 23.5. The monoisotopic (exact) mass is 254 g/mol. The van der Waals surface area contributed by atoms with Gasteiger partial charge in [0.15, 0.2) is 5.79 Å². The van der Waals surface area contributed by atoms with Crippen LogP contribution >= 0.6 is 0 Å². The number of aliphatic hydroxyl groups is 1. The fraction of sp³-hybridized carbons (Fsp3) is 0.769. The van der Waals surface area contributed by atoms with Crippen LogP contribution in [0.5, 0.6) is 0 Å². The van der Waals surface area contributed by atoms with Crippen LogP contribution in [0.3, 0.4) is 0 Å². The zero-order valence-electron chi connectivity index (χ0n) is 11.5. The Hall–Kier alpha value is -0.910. The molecule has 0 bridgehead atoms. The molecule has 0 amide bonds. The van der Waals surface area contributed by atoms with Crippen LogP contribution in [0.25, 0.3) is 0 Å². The van der Waals surface area contributed by atoms with E-state index in [0.29, 0.717) is 6.61 Å². The summed E-state index contributed by atoms with van der Waals surface area (Å²) in [5.41, 5.74) is -0.0147. The third-order valence-electron chi connectivity index (χ3n) is 3.09. The second kappa shape index (κ2) is 4.64. The summed E-state index contributed by atoms with van der Waals surface area (Å²) in [5, 5.41) is 14.1. The van der Waals surface area contributed by atoms with Gasteiger partial charge in [0.25, 0.3) is 0 Å². The average molecular weight is 254 g/mol. The second-order valence-electron chi connectivity index (χ2n) is 5.79. The van der Waals surface area contributed by atoms with Gasteiger partial charge >= 0.3 is 0 Å². The first-order valence-corrected chi connectivity index (χ1v) is 6.33. The zero-order valence-corrected chi connectivity index (χ0v) is 11.5. The highest BCUT2D eigenvalue weighted by molar-refractivity contribution is 5.12. The van der Waals surface area contributed by atoms with Crippen molar-refractivity contribution < 1.29 is 14.6 Å². The summed E-state index contributed by atoms with van der Waals surface area (Å²) in [6.45, 7) is 8.75. The minimum atomic E-state index is -0.840. The molecule has 1 unspecified atom stereocenters. The maximum absolute atomic E-state index is 9.85. The van der Waals surface area contributed by atoms with Gasteiger partial charge in [-0.25, -0.2) is 0 Å². The topological polar surface area (TPSA) is 56.5 Å². The summed E-state index contributed by atoms with van der Waals surface area (Å²) in [4.78, 5) is 0. The number of aromatic nitrogens is 2. The number of hydrogen-bond donors (Lipinski definition) is 1. The van der Waals surface area contributed by atoms with Crippen LogP contribution in [0.15, 0.2) is 12.4 Å². The van der Waals surface area contributed by atoms with Crippen LogP contribution < -0.4 is 0 Å². The molecule has 2 heterocycles. The van der Waals surface area contributed by atoms with E-state index in [4.69, 9.17) is 9.47 Å². The van der Waals surface area contributed by atoms with Crippen molar-refractivity contribution in [2.75, 3.05) is 6.61 Å². The molecule has 0 spiro atoms. The van der Waals surface area contributed by atoms with E-state index in [9.17, 15) is 5.11 Å². The van der Waals surface area contributed by atoms with Gasteiger partial charge in [-0.1, -0.05) is 0 Å². The summed E-state index contributed by atoms with van der Waals surface area (Å²) in [5.74, 6) is -0.465. The van der Waals surface area contributed by atoms with Gasteiger partial charge < -0.3 is 14.6 Å². The Labute approximate surface area is 108 Å². The standard InChI is InChI=1S/C13H22N2O3/c1-12(2,16)10-7-14-15(8-10)6-5-11-9-17-13(3,4)18-11/h7-8,11,16H,5-6,9H2,1-4H3. The van der Waals surface area contributed by atoms with Crippen LogP contribution in [0.2, 0.25) is 0 Å². The molecule has 1 aromatic heterocycles. The van der Waals surface area contributed by atoms with Crippen LogP contribution in [0, 0.1) is 0 Å². The van der Waals surface area contributed by atoms with E-state index in [0.717, 1.165) is 18.5 Å². The van der Waals surface area contributed by atoms with Crippen molar-refractivity contribution in [3.8, 4) is 0 Å². The Morgan fingerprint density at radius 2 is 2.28 bits per heavy atom. The lowest BCUT2D eigenvalue weighted by Crippen LogP contribution is -2.22. The molecule has 1 atom stereocenters. The largest absolute Gasteiger partial charge is 0.386 e. The predicted molar refractivity (Wildman–Crippen MR) is 67.0 cm³/mol. The maximum Gasteiger partial charge on any atom is 0.163 e. The molecule has 1 N–H and O–H groups in total. The first-order valence-electron chi connectivity index (χ1n) is 6.33. The number of hydrogen-bond acceptors (Lipinski definition) is 4. The Morgan fingerprint density at radius 1 is 1.56 bits per heavy atom. The highest BCUT2D eigenvalue weighted by Gasteiger charge is 2.32. The van der Waals surface area contributed by atoms with Crippen molar-refractivity contribution in [1.82, 2.24) is 9.78 Å². The van der Waals surface area contributed by atoms with Gasteiger partial charge in [-0.2, -0.15) is 5.10 Å². The first kappa shape index (κ1) is 13.5. The van der Waals surface area contributed by atoms with Crippen LogP contribution in [-0.2, 0) is 21.6 Å². The highest BCUT2D eigenvalue weighted by Crippen LogP contribution is 2.24. The number of rotatable bonds is 4. The maximum atomic E-state index is 9.85. The predicted octanol–water partition coefficient (Wildman–Crippen LogP) is 1.65. The van der Waals surface area contributed by atoms with Gasteiger partial charge in [0.2, 0.25) is 0 Å². The molecule has 0 saturated carbocycles. The molecule has 5 heteroatoms. The van der Waals surface area contributed by atoms with Gasteiger partial charge in [-0.05, 0) is 34.1 Å². The smallest absolute Gasteiger partial charge is 0.163 e. The molecule has 1 aliphatic heterocycles. The van der Waals surface area contributed by atoms with Gasteiger partial charge in [-0.15, -0.1) is 0 Å². The summed E-state index contributed by atoms with van der Waals surface area (Å²) < 4.78 is 13.1. The Morgan fingerprint density at radius 3 is 2.78 bits per heavy atom. The number of nitrogens with zero attached hydrogens (tertiary/aromatic N) is 2. The van der Waals surface area contributed by atoms with E-state index >= 15 is 0 Å². The molecule has 102 valence electrons. The minimum Gasteiger partial charge on any atom is -0.386 e. The SMILES string of the molecule is CC1(C)OCC(CCn2cc(C(C)(C)O)cn2)O1. The Balaban J connectivity index is 1.86. The van der Waals surface area contributed by atoms with Crippen molar-refractivity contribution in [2.24, 2.45) is 0 Å². The lowest BCUT2D eigenvalue weighted by molar-refractivity contribution is -0.139. The summed E-state index contributed by atoms with van der Waals surface area (Å²) in [6.07, 6.45) is 4.56. The molecule has 1 aliphatic rings. The van der Waals surface area contributed by atoms with Gasteiger partial charge in [0, 0.05) is 18.3 Å². The summed E-state index contributed by atoms with van der Waals surface area (Å²) in [7, 11) is 0. The van der Waals surface area contributed by atoms with E-state index in [-0.39, 0.29) is 6.10 Å². The van der Waals surface area contributed by atoms with Crippen molar-refractivity contribution in [2.45, 2.75) is 58.2 Å². The average Bonchev–Trinajstić information content (AvgIpc) is 2.80. The molecular weight excluding hydrogens is 232 g/mol. The molecule has 0 radical (unpaired) electrons. The van der Waals surface area contributed by atoms with E-state index in [1.54, 1.807) is 20.0 Å². The number of aryl methyl sites for hydroxylation is 1. The third-order valence-corrected chi connectivity index (χ3v) is 3.09. The van der Waals surface area contributed by atoms with E-state index in [1.807, 2.05) is 24.7 Å². The first-order chi connectivity index (χ1) is 8.26. The molecule has 1 saturated heterocycles. The quantitative estimate of drug-likeness (QED) is 0.887. The Bertz CT molecular complexity index is 407. The zero-order chi connectivity index (χ0) is 13.4. The molecule has 18 heavy (non-hydrogen) atoms. The summed E-state index contributed by atoms with van der Waals surface area (Å²) >= 11 is 0. The van der Waals surface area contributed by atoms with Gasteiger partial charge in [0.05, 0.1) is 24.5 Å². The Kier molecular flexibility index (Phi) is 3.49. The van der Waals surface area contributed by atoms with E-state index in [2.05, 4.69) is 5.10 Å². The van der Waals surface area contributed by atoms with Crippen LogP contribution in [-0.4, -0.2) is 33.4 Å². The fourth-order valence-electron chi connectivity index (χ4n) is 1.98.